The first-order valence-corrected chi connectivity index (χ1v) is 13.5. The maximum absolute atomic E-state index is 12.6. The summed E-state index contributed by atoms with van der Waals surface area (Å²) in [5.41, 5.74) is 14.6. The van der Waals surface area contributed by atoms with Crippen LogP contribution in [0.15, 0.2) is 95.4 Å². The number of aryl methyl sites for hydroxylation is 4. The number of nitrogens with zero attached hydrogens (tertiary/aromatic N) is 4. The second kappa shape index (κ2) is 14.0. The molecule has 4 aromatic carbocycles. The zero-order chi connectivity index (χ0) is 28.8. The minimum atomic E-state index is 0. The van der Waals surface area contributed by atoms with Gasteiger partial charge in [0.15, 0.2) is 0 Å². The van der Waals surface area contributed by atoms with Crippen molar-refractivity contribution >= 4 is 27.6 Å². The summed E-state index contributed by atoms with van der Waals surface area (Å²) in [6, 6.07) is 29.9. The normalized spacial score (nSPS) is 11.6. The van der Waals surface area contributed by atoms with E-state index >= 15 is 0 Å². The number of hydrogen-bond donors (Lipinski definition) is 2. The number of carbonyl (C=O) groups excluding carboxylic acids is 1. The van der Waals surface area contributed by atoms with Crippen LogP contribution in [0.4, 0.5) is 0 Å². The molecule has 0 saturated carbocycles. The number of hydrogen-bond acceptors (Lipinski definition) is 4. The molecule has 0 atom stereocenters. The van der Waals surface area contributed by atoms with Crippen molar-refractivity contribution in [1.82, 2.24) is 9.13 Å². The smallest absolute Gasteiger partial charge is 0.870 e. The Kier molecular flexibility index (Phi) is 11.1. The van der Waals surface area contributed by atoms with Crippen molar-refractivity contribution in [3.8, 4) is 22.3 Å². The second-order valence-corrected chi connectivity index (χ2v) is 10.6. The number of rotatable bonds is 0. The molecule has 0 fully saturated rings. The Morgan fingerprint density at radius 3 is 1.82 bits per heavy atom. The number of nitrogens with two attached hydrogens (primary N) is 2. The number of fused-ring (bicyclic) bond motifs is 10. The van der Waals surface area contributed by atoms with Gasteiger partial charge >= 0.3 is 51.4 Å². The van der Waals surface area contributed by atoms with E-state index in [2.05, 4.69) is 107 Å². The molecule has 9 nitrogen and oxygen atoms in total. The van der Waals surface area contributed by atoms with Gasteiger partial charge in [-0.05, 0) is 48.7 Å². The molecule has 2 aliphatic carbocycles. The Morgan fingerprint density at radius 2 is 1.20 bits per heavy atom. The van der Waals surface area contributed by atoms with E-state index in [9.17, 15) is 4.79 Å². The average molecular weight is 615 g/mol. The summed E-state index contributed by atoms with van der Waals surface area (Å²) in [5.74, 6) is 8.87. The fraction of sp³-hybridized carbons (Fsp3) is 0.147. The van der Waals surface area contributed by atoms with Crippen LogP contribution in [-0.4, -0.2) is 25.9 Å². The molecule has 0 aliphatic heterocycles. The third-order valence-electron chi connectivity index (χ3n) is 8.19. The summed E-state index contributed by atoms with van der Waals surface area (Å²) in [5, 5.41) is 7.83. The fourth-order valence-corrected chi connectivity index (χ4v) is 6.37. The number of carbonyl (C=O) groups is 1. The second-order valence-electron chi connectivity index (χ2n) is 10.6. The Balaban J connectivity index is 0.000000203. The average Bonchev–Trinajstić information content (AvgIpc) is 3.68. The van der Waals surface area contributed by atoms with Crippen molar-refractivity contribution in [1.29, 1.82) is 0 Å². The molecule has 8 rings (SSSR count). The Labute approximate surface area is 298 Å². The topological polar surface area (TPSA) is 165 Å². The maximum Gasteiger partial charge on any atom is 1.00 e. The minimum Gasteiger partial charge on any atom is -0.870 e. The van der Waals surface area contributed by atoms with Crippen LogP contribution in [0.2, 0.25) is 0 Å². The van der Waals surface area contributed by atoms with Gasteiger partial charge in [0.1, 0.15) is 0 Å². The van der Waals surface area contributed by atoms with E-state index in [1.165, 1.54) is 38.9 Å². The molecule has 0 radical (unpaired) electrons. The first kappa shape index (κ1) is 34.9. The minimum absolute atomic E-state index is 0. The molecule has 0 saturated heterocycles. The van der Waals surface area contributed by atoms with Crippen LogP contribution in [0.1, 0.15) is 38.4 Å². The Bertz CT molecular complexity index is 2020. The molecule has 2 aromatic heterocycles. The molecule has 6 aromatic rings. The van der Waals surface area contributed by atoms with Crippen LogP contribution in [0, 0.1) is 13.8 Å². The zero-order valence-corrected chi connectivity index (χ0v) is 28.7. The molecule has 7 N–H and O–H groups in total. The quantitative estimate of drug-likeness (QED) is 0.116. The van der Waals surface area contributed by atoms with Crippen LogP contribution in [-0.2, 0) is 20.5 Å². The van der Waals surface area contributed by atoms with Crippen LogP contribution < -0.4 is 63.1 Å². The van der Waals surface area contributed by atoms with Gasteiger partial charge in [0, 0.05) is 64.7 Å². The molecule has 0 spiro atoms. The van der Waals surface area contributed by atoms with E-state index in [-0.39, 0.29) is 68.1 Å². The van der Waals surface area contributed by atoms with Crippen molar-refractivity contribution in [2.75, 3.05) is 0 Å². The first-order chi connectivity index (χ1) is 19.8. The SMILES string of the molecule is Cc1ccc2c(c1)C(=O)c1c-2c2ccccc2n1C.Cc1ccc2c(c1)Cc1c-2c2ccccc2n1C.N/N=N/N.O.[K+].[OH-]. The van der Waals surface area contributed by atoms with Gasteiger partial charge in [0.2, 0.25) is 5.78 Å². The van der Waals surface area contributed by atoms with E-state index < -0.39 is 0 Å². The van der Waals surface area contributed by atoms with E-state index in [1.807, 2.05) is 36.7 Å². The van der Waals surface area contributed by atoms with Gasteiger partial charge in [0.05, 0.1) is 5.69 Å². The third kappa shape index (κ3) is 5.66. The van der Waals surface area contributed by atoms with E-state index in [1.54, 1.807) is 0 Å². The van der Waals surface area contributed by atoms with E-state index in [4.69, 9.17) is 0 Å². The summed E-state index contributed by atoms with van der Waals surface area (Å²) in [6.07, 6.45) is 1.07. The number of ketones is 1. The van der Waals surface area contributed by atoms with Gasteiger partial charge in [-0.1, -0.05) is 88.3 Å². The summed E-state index contributed by atoms with van der Waals surface area (Å²) in [7, 11) is 4.15. The van der Waals surface area contributed by atoms with Crippen molar-refractivity contribution in [2.24, 2.45) is 36.2 Å². The molecular formula is C34H35KN6O3. The molecule has 220 valence electrons. The molecule has 0 bridgehead atoms. The molecule has 44 heavy (non-hydrogen) atoms. The summed E-state index contributed by atoms with van der Waals surface area (Å²) >= 11 is 0. The predicted octanol–water partition coefficient (Wildman–Crippen LogP) is 2.94. The number of benzene rings is 4. The maximum atomic E-state index is 12.6. The van der Waals surface area contributed by atoms with Gasteiger partial charge in [0.25, 0.3) is 0 Å². The zero-order valence-electron chi connectivity index (χ0n) is 25.6. The molecule has 0 unspecified atom stereocenters. The van der Waals surface area contributed by atoms with Crippen molar-refractivity contribution < 1.29 is 67.1 Å². The van der Waals surface area contributed by atoms with Crippen LogP contribution in [0.3, 0.4) is 0 Å². The summed E-state index contributed by atoms with van der Waals surface area (Å²) in [6.45, 7) is 4.19. The van der Waals surface area contributed by atoms with Gasteiger partial charge < -0.3 is 31.8 Å². The van der Waals surface area contributed by atoms with Gasteiger partial charge in [-0.15, -0.1) is 0 Å². The molecule has 0 amide bonds. The van der Waals surface area contributed by atoms with Gasteiger partial charge in [-0.25, -0.2) is 0 Å². The third-order valence-corrected chi connectivity index (χ3v) is 8.19. The fourth-order valence-electron chi connectivity index (χ4n) is 6.37. The van der Waals surface area contributed by atoms with E-state index in [0.717, 1.165) is 45.3 Å². The molecular weight excluding hydrogens is 580 g/mol. The van der Waals surface area contributed by atoms with Crippen LogP contribution >= 0.6 is 0 Å². The number of para-hydroxylation sites is 2. The van der Waals surface area contributed by atoms with Crippen LogP contribution in [0.5, 0.6) is 0 Å². The largest absolute Gasteiger partial charge is 1.00 e. The monoisotopic (exact) mass is 614 g/mol. The number of aromatic nitrogens is 2. The standard InChI is InChI=1S/C17H13NO.C17H15N.K.H4N4.2H2O/c1-10-7-8-11-13(9-10)17(19)16-15(11)12-5-3-4-6-14(12)18(16)2;1-11-7-8-13-12(9-11)10-16-17(13)14-5-3-4-6-15(14)18(16)2;;1-3-4-2;;/h3-9H,1-2H3;3-9H,10H2,1-2H3;;(H2,1,4)(H2,2,3);2*1H2/q;;+1;;;/p-1. The summed E-state index contributed by atoms with van der Waals surface area (Å²) in [4.78, 5) is 12.6. The van der Waals surface area contributed by atoms with Gasteiger partial charge in [-0.3, -0.25) is 4.79 Å². The van der Waals surface area contributed by atoms with Gasteiger partial charge in [-0.2, -0.15) is 0 Å². The van der Waals surface area contributed by atoms with Crippen molar-refractivity contribution in [3.05, 3.63) is 119 Å². The first-order valence-electron chi connectivity index (χ1n) is 13.5. The molecule has 10 heteroatoms. The van der Waals surface area contributed by atoms with Crippen molar-refractivity contribution in [2.45, 2.75) is 20.3 Å². The molecule has 2 heterocycles. The van der Waals surface area contributed by atoms with E-state index in [0.29, 0.717) is 0 Å². The summed E-state index contributed by atoms with van der Waals surface area (Å²) < 4.78 is 4.36. The molecule has 2 aliphatic rings. The van der Waals surface area contributed by atoms with Crippen LogP contribution in [0.25, 0.3) is 44.1 Å². The predicted molar refractivity (Wildman–Crippen MR) is 171 cm³/mol. The Hall–Kier alpha value is -3.61. The van der Waals surface area contributed by atoms with Crippen molar-refractivity contribution in [3.63, 3.8) is 0 Å². The Morgan fingerprint density at radius 1 is 0.682 bits per heavy atom.